The van der Waals surface area contributed by atoms with Gasteiger partial charge in [-0.2, -0.15) is 0 Å². The molecular formula is C12H15ClPt. The molecule has 1 radical (unpaired) electrons. The normalized spacial score (nSPS) is 7.21. The molecule has 1 rings (SSSR count). The standard InChI is InChI=1S/C8H8.C4H7.ClH.Pt/c1-2-8-6-4-3-5-7-8;1-4(2)3;;/h2-7H,1H2;1-2H2,3H3;1H;/q;;;+1/p-1. The molecule has 0 aliphatic heterocycles. The molecule has 0 fully saturated rings. The molecule has 2 heteroatoms. The first-order valence-electron chi connectivity index (χ1n) is 3.93. The minimum atomic E-state index is 0.917. The Kier molecular flexibility index (Phi) is 14.6. The molecule has 0 aliphatic rings. The summed E-state index contributed by atoms with van der Waals surface area (Å²) in [6.07, 6.45) is 1.83. The molecule has 0 spiro atoms. The number of hydrogen-bond donors (Lipinski definition) is 0. The van der Waals surface area contributed by atoms with Gasteiger partial charge in [-0.05, 0) is 19.4 Å². The molecule has 0 aliphatic carbocycles. The van der Waals surface area contributed by atoms with Crippen molar-refractivity contribution in [1.82, 2.24) is 0 Å². The summed E-state index contributed by atoms with van der Waals surface area (Å²) in [4.78, 5) is 0. The van der Waals surface area contributed by atoms with E-state index >= 15 is 0 Å². The van der Waals surface area contributed by atoms with E-state index < -0.39 is 0 Å². The fraction of sp³-hybridized carbons (Fsp3) is 0.0833. The van der Waals surface area contributed by atoms with Crippen molar-refractivity contribution in [2.24, 2.45) is 0 Å². The average Bonchev–Trinajstić information content (AvgIpc) is 2.21. The minimum absolute atomic E-state index is 0.917. The van der Waals surface area contributed by atoms with E-state index in [-0.39, 0.29) is 0 Å². The van der Waals surface area contributed by atoms with Crippen LogP contribution in [0.1, 0.15) is 12.5 Å². The van der Waals surface area contributed by atoms with E-state index in [4.69, 9.17) is 0 Å². The van der Waals surface area contributed by atoms with Crippen LogP contribution in [0.5, 0.6) is 0 Å². The Morgan fingerprint density at radius 2 is 1.64 bits per heavy atom. The van der Waals surface area contributed by atoms with Crippen molar-refractivity contribution in [1.29, 1.82) is 0 Å². The molecule has 14 heavy (non-hydrogen) atoms. The molecule has 0 bridgehead atoms. The van der Waals surface area contributed by atoms with Gasteiger partial charge in [-0.15, -0.1) is 6.58 Å². The summed E-state index contributed by atoms with van der Waals surface area (Å²) < 4.78 is 0. The van der Waals surface area contributed by atoms with Crippen LogP contribution >= 0.6 is 9.42 Å². The second-order valence-corrected chi connectivity index (χ2v) is 2.57. The van der Waals surface area contributed by atoms with E-state index in [9.17, 15) is 0 Å². The first kappa shape index (κ1) is 16.1. The van der Waals surface area contributed by atoms with Crippen molar-refractivity contribution in [2.75, 3.05) is 0 Å². The molecule has 0 heterocycles. The predicted molar refractivity (Wildman–Crippen MR) is 62.6 cm³/mol. The zero-order valence-corrected chi connectivity index (χ0v) is 11.3. The van der Waals surface area contributed by atoms with Crippen LogP contribution in [0.2, 0.25) is 0 Å². The predicted octanol–water partition coefficient (Wildman–Crippen LogP) is 4.41. The van der Waals surface area contributed by atoms with Gasteiger partial charge in [-0.3, -0.25) is 0 Å². The number of halogens is 1. The summed E-state index contributed by atoms with van der Waals surface area (Å²) in [6, 6.07) is 10.0. The molecule has 0 saturated carbocycles. The molecule has 0 saturated heterocycles. The first-order valence-corrected chi connectivity index (χ1v) is 6.75. The molecule has 0 N–H and O–H groups in total. The Morgan fingerprint density at radius 3 is 1.86 bits per heavy atom. The Balaban J connectivity index is 0. The van der Waals surface area contributed by atoms with Gasteiger partial charge in [-0.1, -0.05) is 48.6 Å². The van der Waals surface area contributed by atoms with Crippen LogP contribution in [-0.2, 0) is 18.8 Å². The van der Waals surface area contributed by atoms with Crippen molar-refractivity contribution in [3.05, 3.63) is 61.5 Å². The second-order valence-electron chi connectivity index (χ2n) is 2.57. The molecule has 80 valence electrons. The van der Waals surface area contributed by atoms with Gasteiger partial charge < -0.3 is 0 Å². The van der Waals surface area contributed by atoms with Gasteiger partial charge in [0.05, 0.1) is 0 Å². The first-order chi connectivity index (χ1) is 6.66. The number of rotatable bonds is 1. The van der Waals surface area contributed by atoms with Gasteiger partial charge in [0.15, 0.2) is 0 Å². The molecule has 0 amide bonds. The van der Waals surface area contributed by atoms with Gasteiger partial charge in [-0.25, -0.2) is 0 Å². The van der Waals surface area contributed by atoms with Gasteiger partial charge in [0, 0.05) is 0 Å². The molecular weight excluding hydrogens is 375 g/mol. The third-order valence-electron chi connectivity index (χ3n) is 1.04. The van der Waals surface area contributed by atoms with Crippen molar-refractivity contribution in [3.63, 3.8) is 0 Å². The zero-order valence-electron chi connectivity index (χ0n) is 8.28. The van der Waals surface area contributed by atoms with Crippen LogP contribution in [0.4, 0.5) is 0 Å². The Morgan fingerprint density at radius 1 is 1.29 bits per heavy atom. The summed E-state index contributed by atoms with van der Waals surface area (Å²) in [7, 11) is 4.61. The van der Waals surface area contributed by atoms with Crippen LogP contribution in [0.3, 0.4) is 0 Å². The van der Waals surface area contributed by atoms with Gasteiger partial charge in [0.1, 0.15) is 0 Å². The molecule has 1 aromatic carbocycles. The van der Waals surface area contributed by atoms with E-state index in [1.165, 1.54) is 5.56 Å². The van der Waals surface area contributed by atoms with Crippen LogP contribution in [-0.4, -0.2) is 0 Å². The van der Waals surface area contributed by atoms with Crippen molar-refractivity contribution < 1.29 is 18.8 Å². The Labute approximate surface area is 103 Å². The van der Waals surface area contributed by atoms with E-state index in [1.807, 2.05) is 43.3 Å². The van der Waals surface area contributed by atoms with Crippen LogP contribution in [0.15, 0.2) is 49.1 Å². The molecule has 0 atom stereocenters. The summed E-state index contributed by atoms with van der Waals surface area (Å²) in [5.74, 6) is 0. The van der Waals surface area contributed by atoms with Gasteiger partial charge in [0.25, 0.3) is 0 Å². The monoisotopic (exact) mass is 389 g/mol. The van der Waals surface area contributed by atoms with Gasteiger partial charge in [0.2, 0.25) is 0 Å². The van der Waals surface area contributed by atoms with E-state index in [0.29, 0.717) is 0 Å². The maximum atomic E-state index is 4.61. The second kappa shape index (κ2) is 12.7. The fourth-order valence-electron chi connectivity index (χ4n) is 0.589. The fourth-order valence-corrected chi connectivity index (χ4v) is 0.589. The van der Waals surface area contributed by atoms with Crippen molar-refractivity contribution in [3.8, 4) is 0 Å². The van der Waals surface area contributed by atoms with E-state index in [0.717, 1.165) is 5.57 Å². The third kappa shape index (κ3) is 14.2. The van der Waals surface area contributed by atoms with Crippen molar-refractivity contribution >= 4 is 15.5 Å². The number of hydrogen-bond acceptors (Lipinski definition) is 0. The molecule has 0 unspecified atom stereocenters. The maximum absolute atomic E-state index is 4.61. The van der Waals surface area contributed by atoms with Gasteiger partial charge >= 0.3 is 28.2 Å². The Hall–Kier alpha value is -0.322. The summed E-state index contributed by atoms with van der Waals surface area (Å²) >= 11 is 1.61. The summed E-state index contributed by atoms with van der Waals surface area (Å²) in [6.45, 7) is 12.4. The third-order valence-corrected chi connectivity index (χ3v) is 1.04. The van der Waals surface area contributed by atoms with E-state index in [1.54, 1.807) is 18.8 Å². The zero-order chi connectivity index (χ0) is 11.4. The van der Waals surface area contributed by atoms with E-state index in [2.05, 4.69) is 29.5 Å². The molecule has 1 aromatic rings. The van der Waals surface area contributed by atoms with Crippen LogP contribution < -0.4 is 0 Å². The number of benzene rings is 1. The quantitative estimate of drug-likeness (QED) is 0.667. The average molecular weight is 390 g/mol. The SMILES string of the molecule is C=Cc1ccccc1.[CH2]C(=C)C.[Cl][Pt]. The summed E-state index contributed by atoms with van der Waals surface area (Å²) in [5, 5.41) is 0. The number of allylic oxidation sites excluding steroid dienone is 1. The molecule has 0 aromatic heterocycles. The summed E-state index contributed by atoms with van der Waals surface area (Å²) in [5.41, 5.74) is 2.09. The van der Waals surface area contributed by atoms with Crippen LogP contribution in [0.25, 0.3) is 6.08 Å². The molecule has 0 nitrogen and oxygen atoms in total. The topological polar surface area (TPSA) is 0 Å². The van der Waals surface area contributed by atoms with Crippen LogP contribution in [0, 0.1) is 6.92 Å². The Bertz CT molecular complexity index is 238. The van der Waals surface area contributed by atoms with Crippen molar-refractivity contribution in [2.45, 2.75) is 6.92 Å².